The van der Waals surface area contributed by atoms with Crippen molar-refractivity contribution >= 4 is 17.3 Å². The van der Waals surface area contributed by atoms with Crippen LogP contribution in [0, 0.1) is 0 Å². The maximum Gasteiger partial charge on any atom is 0.251 e. The van der Waals surface area contributed by atoms with Crippen molar-refractivity contribution in [1.82, 2.24) is 0 Å². The topological polar surface area (TPSA) is 50.4 Å². The molecular formula is C25H26N2O2. The van der Waals surface area contributed by atoms with Crippen LogP contribution in [0.25, 0.3) is 0 Å². The zero-order valence-electron chi connectivity index (χ0n) is 16.7. The Morgan fingerprint density at radius 3 is 2.55 bits per heavy atom. The summed E-state index contributed by atoms with van der Waals surface area (Å²) in [4.78, 5) is 13.3. The monoisotopic (exact) mass is 386 g/mol. The van der Waals surface area contributed by atoms with Crippen molar-refractivity contribution in [3.8, 4) is 5.75 Å². The summed E-state index contributed by atoms with van der Waals surface area (Å²) in [7, 11) is 0. The van der Waals surface area contributed by atoms with E-state index in [1.165, 1.54) is 17.5 Å². The first kappa shape index (κ1) is 19.1. The van der Waals surface area contributed by atoms with Crippen LogP contribution in [-0.4, -0.2) is 12.5 Å². The van der Waals surface area contributed by atoms with Crippen molar-refractivity contribution in [2.75, 3.05) is 17.2 Å². The second kappa shape index (κ2) is 8.82. The summed E-state index contributed by atoms with van der Waals surface area (Å²) in [6.45, 7) is 2.48. The van der Waals surface area contributed by atoms with E-state index < -0.39 is 6.04 Å². The molecule has 148 valence electrons. The summed E-state index contributed by atoms with van der Waals surface area (Å²) in [5.74, 6) is 0.552. The average molecular weight is 386 g/mol. The minimum atomic E-state index is -0.509. The van der Waals surface area contributed by atoms with Gasteiger partial charge in [-0.25, -0.2) is 0 Å². The third-order valence-electron chi connectivity index (χ3n) is 5.25. The van der Waals surface area contributed by atoms with E-state index in [1.807, 2.05) is 61.5 Å². The number of benzene rings is 3. The van der Waals surface area contributed by atoms with Gasteiger partial charge in [-0.1, -0.05) is 48.5 Å². The lowest BCUT2D eigenvalue weighted by Crippen LogP contribution is -2.27. The van der Waals surface area contributed by atoms with Crippen LogP contribution in [0.3, 0.4) is 0 Å². The molecular weight excluding hydrogens is 360 g/mol. The first-order valence-corrected chi connectivity index (χ1v) is 10.2. The molecule has 0 spiro atoms. The summed E-state index contributed by atoms with van der Waals surface area (Å²) < 4.78 is 5.66. The first-order valence-electron chi connectivity index (χ1n) is 10.2. The second-order valence-corrected chi connectivity index (χ2v) is 7.24. The van der Waals surface area contributed by atoms with Crippen molar-refractivity contribution in [2.24, 2.45) is 0 Å². The largest absolute Gasteiger partial charge is 0.492 e. The Labute approximate surface area is 171 Å². The highest BCUT2D eigenvalue weighted by Crippen LogP contribution is 2.29. The molecule has 0 aliphatic heterocycles. The molecule has 0 unspecified atom stereocenters. The molecule has 4 nitrogen and oxygen atoms in total. The number of hydrogen-bond acceptors (Lipinski definition) is 3. The Kier molecular flexibility index (Phi) is 5.80. The zero-order valence-corrected chi connectivity index (χ0v) is 16.7. The third kappa shape index (κ3) is 4.43. The summed E-state index contributed by atoms with van der Waals surface area (Å²) in [6, 6.07) is 23.2. The van der Waals surface area contributed by atoms with Gasteiger partial charge in [-0.05, 0) is 67.1 Å². The summed E-state index contributed by atoms with van der Waals surface area (Å²) >= 11 is 0. The average Bonchev–Trinajstić information content (AvgIpc) is 3.22. The van der Waals surface area contributed by atoms with E-state index >= 15 is 0 Å². The van der Waals surface area contributed by atoms with Crippen molar-refractivity contribution in [3.05, 3.63) is 89.5 Å². The van der Waals surface area contributed by atoms with Gasteiger partial charge in [0.2, 0.25) is 0 Å². The molecule has 0 aromatic heterocycles. The Hall–Kier alpha value is -3.27. The van der Waals surface area contributed by atoms with Gasteiger partial charge in [0.05, 0.1) is 12.3 Å². The molecule has 3 aromatic carbocycles. The SMILES string of the molecule is CCOc1ccccc1NC(=O)[C@H](Nc1ccc2c(c1)CCC2)c1ccccc1. The molecule has 0 bridgehead atoms. The quantitative estimate of drug-likeness (QED) is 0.574. The van der Waals surface area contributed by atoms with Crippen molar-refractivity contribution in [3.63, 3.8) is 0 Å². The van der Waals surface area contributed by atoms with Crippen LogP contribution >= 0.6 is 0 Å². The number of anilines is 2. The Bertz CT molecular complexity index is 985. The molecule has 4 rings (SSSR count). The second-order valence-electron chi connectivity index (χ2n) is 7.24. The molecule has 1 aliphatic rings. The van der Waals surface area contributed by atoms with Crippen LogP contribution in [0.15, 0.2) is 72.8 Å². The van der Waals surface area contributed by atoms with Crippen LogP contribution in [0.4, 0.5) is 11.4 Å². The molecule has 3 aromatic rings. The fourth-order valence-corrected chi connectivity index (χ4v) is 3.83. The minimum absolute atomic E-state index is 0.121. The number of carbonyl (C=O) groups is 1. The smallest absolute Gasteiger partial charge is 0.251 e. The van der Waals surface area contributed by atoms with Gasteiger partial charge in [0.1, 0.15) is 11.8 Å². The Morgan fingerprint density at radius 1 is 0.966 bits per heavy atom. The third-order valence-corrected chi connectivity index (χ3v) is 5.25. The minimum Gasteiger partial charge on any atom is -0.492 e. The number of ether oxygens (including phenoxy) is 1. The molecule has 1 aliphatic carbocycles. The number of hydrogen-bond donors (Lipinski definition) is 2. The van der Waals surface area contributed by atoms with Crippen molar-refractivity contribution < 1.29 is 9.53 Å². The molecule has 2 N–H and O–H groups in total. The van der Waals surface area contributed by atoms with Crippen LogP contribution < -0.4 is 15.4 Å². The van der Waals surface area contributed by atoms with Gasteiger partial charge < -0.3 is 15.4 Å². The molecule has 0 radical (unpaired) electrons. The van der Waals surface area contributed by atoms with E-state index in [-0.39, 0.29) is 5.91 Å². The number of para-hydroxylation sites is 2. The number of carbonyl (C=O) groups excluding carboxylic acids is 1. The van der Waals surface area contributed by atoms with Gasteiger partial charge in [-0.15, -0.1) is 0 Å². The first-order chi connectivity index (χ1) is 14.2. The highest BCUT2D eigenvalue weighted by atomic mass is 16.5. The zero-order chi connectivity index (χ0) is 20.1. The van der Waals surface area contributed by atoms with E-state index in [2.05, 4.69) is 28.8 Å². The van der Waals surface area contributed by atoms with Crippen LogP contribution in [0.2, 0.25) is 0 Å². The van der Waals surface area contributed by atoms with Crippen LogP contribution in [0.5, 0.6) is 5.75 Å². The molecule has 0 heterocycles. The molecule has 1 atom stereocenters. The Balaban J connectivity index is 1.60. The standard InChI is InChI=1S/C25H26N2O2/c1-2-29-23-14-7-6-13-22(23)27-25(28)24(19-9-4-3-5-10-19)26-21-16-15-18-11-8-12-20(18)17-21/h3-7,9-10,13-17,24,26H,2,8,11-12H2,1H3,(H,27,28)/t24-/m1/s1. The maximum absolute atomic E-state index is 13.3. The van der Waals surface area contributed by atoms with Gasteiger partial charge in [-0.2, -0.15) is 0 Å². The molecule has 29 heavy (non-hydrogen) atoms. The van der Waals surface area contributed by atoms with E-state index in [9.17, 15) is 4.79 Å². The van der Waals surface area contributed by atoms with E-state index in [0.29, 0.717) is 18.0 Å². The number of nitrogens with one attached hydrogen (secondary N) is 2. The number of amides is 1. The fourth-order valence-electron chi connectivity index (χ4n) is 3.83. The molecule has 0 saturated carbocycles. The number of rotatable bonds is 7. The molecule has 0 fully saturated rings. The lowest BCUT2D eigenvalue weighted by molar-refractivity contribution is -0.117. The van der Waals surface area contributed by atoms with Crippen molar-refractivity contribution in [2.45, 2.75) is 32.2 Å². The lowest BCUT2D eigenvalue weighted by Gasteiger charge is -2.21. The van der Waals surface area contributed by atoms with Crippen LogP contribution in [0.1, 0.15) is 36.1 Å². The summed E-state index contributed by atoms with van der Waals surface area (Å²) in [5, 5.41) is 6.48. The van der Waals surface area contributed by atoms with Gasteiger partial charge in [0.25, 0.3) is 5.91 Å². The highest BCUT2D eigenvalue weighted by molar-refractivity contribution is 5.98. The molecule has 4 heteroatoms. The Morgan fingerprint density at radius 2 is 1.72 bits per heavy atom. The van der Waals surface area contributed by atoms with Crippen molar-refractivity contribution in [1.29, 1.82) is 0 Å². The number of aryl methyl sites for hydroxylation is 2. The van der Waals surface area contributed by atoms with Crippen LogP contribution in [-0.2, 0) is 17.6 Å². The van der Waals surface area contributed by atoms with E-state index in [1.54, 1.807) is 0 Å². The van der Waals surface area contributed by atoms with Gasteiger partial charge >= 0.3 is 0 Å². The highest BCUT2D eigenvalue weighted by Gasteiger charge is 2.22. The predicted octanol–water partition coefficient (Wildman–Crippen LogP) is 5.37. The van der Waals surface area contributed by atoms with E-state index in [4.69, 9.17) is 4.74 Å². The fraction of sp³-hybridized carbons (Fsp3) is 0.240. The van der Waals surface area contributed by atoms with Gasteiger partial charge in [-0.3, -0.25) is 4.79 Å². The molecule has 1 amide bonds. The summed E-state index contributed by atoms with van der Waals surface area (Å²) in [6.07, 6.45) is 3.46. The van der Waals surface area contributed by atoms with E-state index in [0.717, 1.165) is 24.1 Å². The number of fused-ring (bicyclic) bond motifs is 1. The maximum atomic E-state index is 13.3. The van der Waals surface area contributed by atoms with Gasteiger partial charge in [0.15, 0.2) is 0 Å². The lowest BCUT2D eigenvalue weighted by atomic mass is 10.0. The molecule has 0 saturated heterocycles. The predicted molar refractivity (Wildman–Crippen MR) is 118 cm³/mol. The van der Waals surface area contributed by atoms with Gasteiger partial charge in [0, 0.05) is 5.69 Å². The normalized spacial score (nSPS) is 13.4. The summed E-state index contributed by atoms with van der Waals surface area (Å²) in [5.41, 5.74) is 5.36.